The second-order valence-corrected chi connectivity index (χ2v) is 5.18. The first-order valence-electron chi connectivity index (χ1n) is 6.49. The Morgan fingerprint density at radius 1 is 1.29 bits per heavy atom. The number of carboxylic acids is 1. The second-order valence-electron chi connectivity index (χ2n) is 5.18. The van der Waals surface area contributed by atoms with E-state index in [0.29, 0.717) is 5.69 Å². The number of fused-ring (bicyclic) bond motifs is 1. The van der Waals surface area contributed by atoms with Crippen molar-refractivity contribution < 1.29 is 18.7 Å². The van der Waals surface area contributed by atoms with Crippen LogP contribution in [0.25, 0.3) is 10.9 Å². The lowest BCUT2D eigenvalue weighted by Crippen LogP contribution is -2.23. The molecule has 21 heavy (non-hydrogen) atoms. The molecule has 1 heterocycles. The molecule has 4 nitrogen and oxygen atoms in total. The van der Waals surface area contributed by atoms with Crippen LogP contribution in [0.15, 0.2) is 16.9 Å². The fraction of sp³-hybridized carbons (Fsp3) is 0.333. The van der Waals surface area contributed by atoms with Crippen LogP contribution in [0.3, 0.4) is 0 Å². The molecule has 0 bridgehead atoms. The number of aliphatic carboxylic acids is 1. The van der Waals surface area contributed by atoms with Crippen molar-refractivity contribution in [1.82, 2.24) is 4.57 Å². The molecule has 0 aliphatic carbocycles. The van der Waals surface area contributed by atoms with Crippen molar-refractivity contribution in [3.8, 4) is 0 Å². The van der Waals surface area contributed by atoms with Gasteiger partial charge < -0.3 is 9.67 Å². The van der Waals surface area contributed by atoms with Gasteiger partial charge in [-0.15, -0.1) is 0 Å². The Balaban J connectivity index is 3.07. The molecule has 6 heteroatoms. The number of aromatic nitrogens is 1. The Hall–Kier alpha value is -2.24. The van der Waals surface area contributed by atoms with Gasteiger partial charge >= 0.3 is 5.97 Å². The molecule has 0 saturated heterocycles. The molecule has 0 saturated carbocycles. The van der Waals surface area contributed by atoms with Crippen LogP contribution in [-0.2, 0) is 11.2 Å². The summed E-state index contributed by atoms with van der Waals surface area (Å²) in [6.45, 7) is 5.06. The average Bonchev–Trinajstić information content (AvgIpc) is 2.37. The Kier molecular flexibility index (Phi) is 3.80. The normalized spacial score (nSPS) is 11.3. The van der Waals surface area contributed by atoms with Crippen LogP contribution in [0.2, 0.25) is 0 Å². The van der Waals surface area contributed by atoms with Gasteiger partial charge in [0.2, 0.25) is 0 Å². The van der Waals surface area contributed by atoms with E-state index in [1.54, 1.807) is 20.8 Å². The van der Waals surface area contributed by atoms with Gasteiger partial charge in [-0.25, -0.2) is 8.78 Å². The number of hydrogen-bond acceptors (Lipinski definition) is 2. The van der Waals surface area contributed by atoms with E-state index in [-0.39, 0.29) is 17.1 Å². The molecule has 0 spiro atoms. The predicted molar refractivity (Wildman–Crippen MR) is 74.6 cm³/mol. The van der Waals surface area contributed by atoms with Crippen LogP contribution >= 0.6 is 0 Å². The summed E-state index contributed by atoms with van der Waals surface area (Å²) in [6.07, 6.45) is -0.525. The summed E-state index contributed by atoms with van der Waals surface area (Å²) in [7, 11) is 0. The molecule has 0 aliphatic rings. The average molecular weight is 295 g/mol. The standard InChI is InChI=1S/C15H15F2NO3/c1-7(2)18-8(3)9(6-12(19)20)15(21)13-10(16)4-5-11(17)14(13)18/h4-5,7H,6H2,1-3H3,(H,19,20). The summed E-state index contributed by atoms with van der Waals surface area (Å²) in [6, 6.07) is 1.59. The first-order chi connectivity index (χ1) is 9.75. The lowest BCUT2D eigenvalue weighted by Gasteiger charge is -2.21. The summed E-state index contributed by atoms with van der Waals surface area (Å²) in [5.41, 5.74) is -0.567. The minimum atomic E-state index is -1.19. The van der Waals surface area contributed by atoms with Gasteiger partial charge in [0.05, 0.1) is 17.3 Å². The maximum absolute atomic E-state index is 14.1. The van der Waals surface area contributed by atoms with E-state index >= 15 is 0 Å². The lowest BCUT2D eigenvalue weighted by atomic mass is 10.0. The van der Waals surface area contributed by atoms with Gasteiger partial charge in [-0.2, -0.15) is 0 Å². The van der Waals surface area contributed by atoms with Gasteiger partial charge in [-0.1, -0.05) is 0 Å². The first kappa shape index (κ1) is 15.2. The molecule has 1 aromatic heterocycles. The SMILES string of the molecule is Cc1c(CC(=O)O)c(=O)c2c(F)ccc(F)c2n1C(C)C. The number of halogens is 2. The van der Waals surface area contributed by atoms with Gasteiger partial charge in [-0.05, 0) is 32.9 Å². The molecule has 2 rings (SSSR count). The number of rotatable bonds is 3. The van der Waals surface area contributed by atoms with Crippen LogP contribution < -0.4 is 5.43 Å². The zero-order valence-electron chi connectivity index (χ0n) is 11.9. The number of hydrogen-bond donors (Lipinski definition) is 1. The van der Waals surface area contributed by atoms with Crippen molar-refractivity contribution in [1.29, 1.82) is 0 Å². The number of carbonyl (C=O) groups is 1. The van der Waals surface area contributed by atoms with Gasteiger partial charge in [0, 0.05) is 17.3 Å². The first-order valence-corrected chi connectivity index (χ1v) is 6.49. The highest BCUT2D eigenvalue weighted by Gasteiger charge is 2.22. The van der Waals surface area contributed by atoms with Crippen molar-refractivity contribution in [2.75, 3.05) is 0 Å². The number of carboxylic acid groups (broad SMARTS) is 1. The van der Waals surface area contributed by atoms with E-state index in [2.05, 4.69) is 0 Å². The Morgan fingerprint density at radius 3 is 2.38 bits per heavy atom. The minimum Gasteiger partial charge on any atom is -0.481 e. The van der Waals surface area contributed by atoms with Crippen molar-refractivity contribution >= 4 is 16.9 Å². The summed E-state index contributed by atoms with van der Waals surface area (Å²) >= 11 is 0. The van der Waals surface area contributed by atoms with Gasteiger partial charge in [-0.3, -0.25) is 9.59 Å². The second kappa shape index (κ2) is 5.27. The maximum Gasteiger partial charge on any atom is 0.308 e. The molecule has 0 amide bonds. The third kappa shape index (κ3) is 2.41. The fourth-order valence-electron chi connectivity index (χ4n) is 2.63. The quantitative estimate of drug-likeness (QED) is 0.947. The largest absolute Gasteiger partial charge is 0.481 e. The smallest absolute Gasteiger partial charge is 0.308 e. The molecule has 1 aromatic carbocycles. The molecule has 1 N–H and O–H groups in total. The molecule has 2 aromatic rings. The van der Waals surface area contributed by atoms with Crippen LogP contribution in [-0.4, -0.2) is 15.6 Å². The van der Waals surface area contributed by atoms with Gasteiger partial charge in [0.1, 0.15) is 11.6 Å². The van der Waals surface area contributed by atoms with E-state index in [1.165, 1.54) is 4.57 Å². The molecular formula is C15H15F2NO3. The molecular weight excluding hydrogens is 280 g/mol. The molecule has 0 aliphatic heterocycles. The fourth-order valence-corrected chi connectivity index (χ4v) is 2.63. The van der Waals surface area contributed by atoms with E-state index in [9.17, 15) is 18.4 Å². The Labute approximate surface area is 119 Å². The topological polar surface area (TPSA) is 59.3 Å². The Bertz CT molecular complexity index is 794. The number of benzene rings is 1. The molecule has 0 unspecified atom stereocenters. The summed E-state index contributed by atoms with van der Waals surface area (Å²) < 4.78 is 29.6. The molecule has 0 fully saturated rings. The van der Waals surface area contributed by atoms with E-state index in [0.717, 1.165) is 12.1 Å². The van der Waals surface area contributed by atoms with Crippen LogP contribution in [0, 0.1) is 18.6 Å². The van der Waals surface area contributed by atoms with Crippen molar-refractivity contribution in [3.05, 3.63) is 45.2 Å². The molecule has 0 radical (unpaired) electrons. The maximum atomic E-state index is 14.1. The van der Waals surface area contributed by atoms with Crippen LogP contribution in [0.1, 0.15) is 31.1 Å². The highest BCUT2D eigenvalue weighted by atomic mass is 19.1. The van der Waals surface area contributed by atoms with E-state index in [4.69, 9.17) is 5.11 Å². The minimum absolute atomic E-state index is 0.0202. The van der Waals surface area contributed by atoms with Crippen LogP contribution in [0.5, 0.6) is 0 Å². The molecule has 112 valence electrons. The van der Waals surface area contributed by atoms with Crippen molar-refractivity contribution in [2.45, 2.75) is 33.2 Å². The Morgan fingerprint density at radius 2 is 1.86 bits per heavy atom. The lowest BCUT2D eigenvalue weighted by molar-refractivity contribution is -0.136. The van der Waals surface area contributed by atoms with E-state index in [1.807, 2.05) is 0 Å². The third-order valence-corrected chi connectivity index (χ3v) is 3.46. The highest BCUT2D eigenvalue weighted by molar-refractivity contribution is 5.83. The monoisotopic (exact) mass is 295 g/mol. The van der Waals surface area contributed by atoms with Gasteiger partial charge in [0.25, 0.3) is 0 Å². The van der Waals surface area contributed by atoms with E-state index < -0.39 is 34.8 Å². The summed E-state index contributed by atoms with van der Waals surface area (Å²) in [5, 5.41) is 8.53. The zero-order valence-corrected chi connectivity index (χ0v) is 11.9. The predicted octanol–water partition coefficient (Wildman–Crippen LogP) is 2.80. The number of pyridine rings is 1. The number of nitrogens with zero attached hydrogens (tertiary/aromatic N) is 1. The summed E-state index contributed by atoms with van der Waals surface area (Å²) in [5.74, 6) is -2.75. The zero-order chi connectivity index (χ0) is 15.9. The van der Waals surface area contributed by atoms with Crippen molar-refractivity contribution in [3.63, 3.8) is 0 Å². The molecule has 0 atom stereocenters. The summed E-state index contributed by atoms with van der Waals surface area (Å²) in [4.78, 5) is 23.3. The highest BCUT2D eigenvalue weighted by Crippen LogP contribution is 2.25. The van der Waals surface area contributed by atoms with Crippen LogP contribution in [0.4, 0.5) is 8.78 Å². The van der Waals surface area contributed by atoms with Gasteiger partial charge in [0.15, 0.2) is 5.43 Å². The van der Waals surface area contributed by atoms with Crippen molar-refractivity contribution in [2.24, 2.45) is 0 Å². The third-order valence-electron chi connectivity index (χ3n) is 3.46.